The van der Waals surface area contributed by atoms with Crippen LogP contribution in [-0.4, -0.2) is 36.2 Å². The topological polar surface area (TPSA) is 53.4 Å². The van der Waals surface area contributed by atoms with Gasteiger partial charge in [-0.1, -0.05) is 19.9 Å². The molecule has 2 heterocycles. The van der Waals surface area contributed by atoms with Crippen LogP contribution in [0.25, 0.3) is 10.9 Å². The van der Waals surface area contributed by atoms with Crippen molar-refractivity contribution in [1.82, 2.24) is 9.55 Å². The van der Waals surface area contributed by atoms with Crippen LogP contribution in [0.4, 0.5) is 0 Å². The number of pyridine rings is 1. The predicted octanol–water partition coefficient (Wildman–Crippen LogP) is 4.05. The quantitative estimate of drug-likeness (QED) is 0.453. The van der Waals surface area contributed by atoms with Crippen molar-refractivity contribution in [2.45, 2.75) is 26.3 Å². The Labute approximate surface area is 153 Å². The first-order chi connectivity index (χ1) is 12.7. The first kappa shape index (κ1) is 18.1. The molecule has 0 spiro atoms. The first-order valence-electron chi connectivity index (χ1n) is 8.78. The molecule has 0 bridgehead atoms. The van der Waals surface area contributed by atoms with Crippen molar-refractivity contribution in [1.29, 1.82) is 0 Å². The zero-order valence-corrected chi connectivity index (χ0v) is 15.4. The Morgan fingerprint density at radius 1 is 1.19 bits per heavy atom. The summed E-state index contributed by atoms with van der Waals surface area (Å²) < 4.78 is 13.0. The average molecular weight is 352 g/mol. The highest BCUT2D eigenvalue weighted by Crippen LogP contribution is 2.33. The van der Waals surface area contributed by atoms with Gasteiger partial charge < -0.3 is 14.0 Å². The number of hydrogen-bond acceptors (Lipinski definition) is 4. The Bertz CT molecular complexity index is 885. The van der Waals surface area contributed by atoms with E-state index in [0.29, 0.717) is 19.8 Å². The highest BCUT2D eigenvalue weighted by molar-refractivity contribution is 6.00. The Kier molecular flexibility index (Phi) is 5.68. The molecule has 1 aromatic carbocycles. The number of carbonyl (C=O) groups excluding carboxylic acids is 1. The van der Waals surface area contributed by atoms with Gasteiger partial charge in [0.1, 0.15) is 12.4 Å². The third kappa shape index (κ3) is 3.63. The number of methoxy groups -OCH3 is 1. The summed E-state index contributed by atoms with van der Waals surface area (Å²) in [6.07, 6.45) is 2.74. The van der Waals surface area contributed by atoms with E-state index < -0.39 is 0 Å². The molecule has 0 saturated carbocycles. The van der Waals surface area contributed by atoms with Crippen molar-refractivity contribution in [3.63, 3.8) is 0 Å². The third-order valence-electron chi connectivity index (χ3n) is 4.38. The van der Waals surface area contributed by atoms with Crippen LogP contribution in [0.5, 0.6) is 5.75 Å². The van der Waals surface area contributed by atoms with E-state index in [2.05, 4.69) is 23.4 Å². The number of aromatic nitrogens is 2. The number of carbonyl (C=O) groups is 1. The van der Waals surface area contributed by atoms with E-state index in [-0.39, 0.29) is 5.92 Å². The van der Waals surface area contributed by atoms with E-state index in [1.165, 1.54) is 0 Å². The van der Waals surface area contributed by atoms with Crippen molar-refractivity contribution in [3.05, 3.63) is 59.5 Å². The van der Waals surface area contributed by atoms with Gasteiger partial charge in [-0.3, -0.25) is 9.78 Å². The van der Waals surface area contributed by atoms with Gasteiger partial charge >= 0.3 is 0 Å². The number of fused-ring (bicyclic) bond motifs is 1. The minimum Gasteiger partial charge on any atom is -0.491 e. The first-order valence-corrected chi connectivity index (χ1v) is 8.78. The second kappa shape index (κ2) is 8.15. The van der Waals surface area contributed by atoms with Crippen molar-refractivity contribution in [3.8, 4) is 5.75 Å². The molecule has 0 fully saturated rings. The van der Waals surface area contributed by atoms with Crippen LogP contribution in [0, 0.1) is 0 Å². The molecule has 3 rings (SSSR count). The van der Waals surface area contributed by atoms with Gasteiger partial charge in [-0.25, -0.2) is 0 Å². The summed E-state index contributed by atoms with van der Waals surface area (Å²) in [4.78, 5) is 16.3. The monoisotopic (exact) mass is 352 g/mol. The average Bonchev–Trinajstić information content (AvgIpc) is 2.96. The molecule has 5 nitrogen and oxygen atoms in total. The predicted molar refractivity (Wildman–Crippen MR) is 102 cm³/mol. The van der Waals surface area contributed by atoms with Gasteiger partial charge in [0.25, 0.3) is 0 Å². The van der Waals surface area contributed by atoms with E-state index in [4.69, 9.17) is 9.47 Å². The van der Waals surface area contributed by atoms with E-state index in [9.17, 15) is 4.79 Å². The van der Waals surface area contributed by atoms with Crippen molar-refractivity contribution >= 4 is 17.2 Å². The number of rotatable bonds is 8. The maximum atomic E-state index is 11.8. The largest absolute Gasteiger partial charge is 0.491 e. The second-order valence-corrected chi connectivity index (χ2v) is 6.50. The van der Waals surface area contributed by atoms with Gasteiger partial charge in [0, 0.05) is 36.0 Å². The molecule has 26 heavy (non-hydrogen) atoms. The Balaban J connectivity index is 2.12. The molecule has 2 aromatic heterocycles. The highest BCUT2D eigenvalue weighted by Gasteiger charge is 2.20. The van der Waals surface area contributed by atoms with E-state index in [1.807, 2.05) is 36.4 Å². The van der Waals surface area contributed by atoms with Crippen LogP contribution in [-0.2, 0) is 11.3 Å². The zero-order valence-electron chi connectivity index (χ0n) is 15.4. The highest BCUT2D eigenvalue weighted by atomic mass is 16.5. The van der Waals surface area contributed by atoms with Gasteiger partial charge in [0.15, 0.2) is 6.29 Å². The molecule has 0 aliphatic rings. The maximum absolute atomic E-state index is 11.8. The maximum Gasteiger partial charge on any atom is 0.152 e. The van der Waals surface area contributed by atoms with Crippen LogP contribution in [0.3, 0.4) is 0 Å². The lowest BCUT2D eigenvalue weighted by atomic mass is 10.0. The van der Waals surface area contributed by atoms with Crippen LogP contribution < -0.4 is 4.74 Å². The lowest BCUT2D eigenvalue weighted by Crippen LogP contribution is -2.08. The Morgan fingerprint density at radius 3 is 2.69 bits per heavy atom. The molecule has 0 amide bonds. The number of ether oxygens (including phenoxy) is 2. The summed E-state index contributed by atoms with van der Waals surface area (Å²) in [5.41, 5.74) is 3.70. The molecular formula is C21H24N2O3. The smallest absolute Gasteiger partial charge is 0.152 e. The van der Waals surface area contributed by atoms with Crippen LogP contribution in [0.15, 0.2) is 42.6 Å². The van der Waals surface area contributed by atoms with Gasteiger partial charge in [0.05, 0.1) is 24.4 Å². The summed E-state index contributed by atoms with van der Waals surface area (Å²) in [6, 6.07) is 11.7. The van der Waals surface area contributed by atoms with Crippen LogP contribution in [0.2, 0.25) is 0 Å². The fourth-order valence-corrected chi connectivity index (χ4v) is 3.28. The van der Waals surface area contributed by atoms with E-state index in [1.54, 1.807) is 13.3 Å². The molecule has 0 N–H and O–H groups in total. The van der Waals surface area contributed by atoms with Gasteiger partial charge in [-0.15, -0.1) is 0 Å². The minimum absolute atomic E-state index is 0.212. The molecule has 0 aliphatic carbocycles. The third-order valence-corrected chi connectivity index (χ3v) is 4.38. The lowest BCUT2D eigenvalue weighted by Gasteiger charge is -2.14. The molecule has 0 radical (unpaired) electrons. The molecule has 0 saturated heterocycles. The normalized spacial score (nSPS) is 11.2. The minimum atomic E-state index is 0.212. The van der Waals surface area contributed by atoms with Gasteiger partial charge in [0.2, 0.25) is 0 Å². The lowest BCUT2D eigenvalue weighted by molar-refractivity contribution is 0.112. The molecule has 3 aromatic rings. The van der Waals surface area contributed by atoms with Crippen LogP contribution >= 0.6 is 0 Å². The van der Waals surface area contributed by atoms with Crippen molar-refractivity contribution in [2.75, 3.05) is 20.3 Å². The summed E-state index contributed by atoms with van der Waals surface area (Å²) in [5, 5.41) is 0.943. The summed E-state index contributed by atoms with van der Waals surface area (Å²) in [7, 11) is 1.65. The fraction of sp³-hybridized carbons (Fsp3) is 0.333. The molecule has 5 heteroatoms. The number of nitrogens with zero attached hydrogens (tertiary/aromatic N) is 2. The second-order valence-electron chi connectivity index (χ2n) is 6.50. The van der Waals surface area contributed by atoms with E-state index in [0.717, 1.165) is 39.9 Å². The Morgan fingerprint density at radius 2 is 2.04 bits per heavy atom. The molecule has 0 atom stereocenters. The zero-order chi connectivity index (χ0) is 18.5. The standard InChI is InChI=1S/C21H24N2O3/c1-15(2)21-19(14-24)18-8-7-17(26-11-10-25-3)12-20(18)23(21)13-16-6-4-5-9-22-16/h4-9,12,14-15H,10-11,13H2,1-3H3. The number of aldehydes is 1. The summed E-state index contributed by atoms with van der Waals surface area (Å²) in [6.45, 7) is 5.84. The van der Waals surface area contributed by atoms with Crippen LogP contribution in [0.1, 0.15) is 41.5 Å². The van der Waals surface area contributed by atoms with Gasteiger partial charge in [-0.2, -0.15) is 0 Å². The number of hydrogen-bond donors (Lipinski definition) is 0. The van der Waals surface area contributed by atoms with Crippen molar-refractivity contribution < 1.29 is 14.3 Å². The molecule has 136 valence electrons. The van der Waals surface area contributed by atoms with E-state index >= 15 is 0 Å². The fourth-order valence-electron chi connectivity index (χ4n) is 3.28. The Hall–Kier alpha value is -2.66. The number of benzene rings is 1. The van der Waals surface area contributed by atoms with Crippen molar-refractivity contribution in [2.24, 2.45) is 0 Å². The molecule has 0 aliphatic heterocycles. The van der Waals surface area contributed by atoms with Gasteiger partial charge in [-0.05, 0) is 30.2 Å². The molecular weight excluding hydrogens is 328 g/mol. The molecule has 0 unspecified atom stereocenters. The summed E-state index contributed by atoms with van der Waals surface area (Å²) in [5.74, 6) is 0.978. The SMILES string of the molecule is COCCOc1ccc2c(C=O)c(C(C)C)n(Cc3ccccn3)c2c1. The summed E-state index contributed by atoms with van der Waals surface area (Å²) >= 11 is 0.